The Morgan fingerprint density at radius 1 is 1.34 bits per heavy atom. The number of carbonyl (C=O) groups excluding carboxylic acids is 1. The molecular weight excluding hydrogens is 383 g/mol. The summed E-state index contributed by atoms with van der Waals surface area (Å²) < 4.78 is 16.4. The summed E-state index contributed by atoms with van der Waals surface area (Å²) >= 11 is 0. The highest BCUT2D eigenvalue weighted by atomic mass is 19.1. The number of aromatic nitrogens is 1. The fourth-order valence-corrected chi connectivity index (χ4v) is 3.65. The molecule has 0 spiro atoms. The van der Waals surface area contributed by atoms with Gasteiger partial charge in [0.15, 0.2) is 17.3 Å². The minimum Gasteiger partial charge on any atom is -0.394 e. The number of hydrogen-bond donors (Lipinski definition) is 1. The molecule has 1 aliphatic heterocycles. The maximum atomic E-state index is 15.1. The number of benzene rings is 1. The first-order valence-electron chi connectivity index (χ1n) is 9.28. The number of Topliss-reactive ketones (excluding diaryl/α,β-unsaturated/α-hetero) is 1. The molecule has 1 aromatic carbocycles. The van der Waals surface area contributed by atoms with Gasteiger partial charge in [-0.05, 0) is 27.0 Å². The van der Waals surface area contributed by atoms with Gasteiger partial charge >= 0.3 is 5.69 Å². The number of nitro benzene ring substituents is 1. The maximum Gasteiger partial charge on any atom is 0.319 e. The molecule has 0 bridgehead atoms. The zero-order valence-electron chi connectivity index (χ0n) is 16.5. The van der Waals surface area contributed by atoms with E-state index < -0.39 is 33.7 Å². The van der Waals surface area contributed by atoms with Crippen molar-refractivity contribution in [3.8, 4) is 0 Å². The lowest BCUT2D eigenvalue weighted by Gasteiger charge is -2.34. The third kappa shape index (κ3) is 3.60. The molecule has 0 amide bonds. The highest BCUT2D eigenvalue weighted by Gasteiger charge is 2.33. The number of anilines is 1. The number of fused-ring (bicyclic) bond motifs is 1. The average Bonchev–Trinajstić information content (AvgIpc) is 2.67. The molecule has 156 valence electrons. The van der Waals surface area contributed by atoms with Crippen LogP contribution < -0.4 is 10.3 Å². The van der Waals surface area contributed by atoms with E-state index in [1.165, 1.54) is 17.7 Å². The highest BCUT2D eigenvalue weighted by Crippen LogP contribution is 2.39. The van der Waals surface area contributed by atoms with E-state index in [0.717, 1.165) is 6.07 Å². The van der Waals surface area contributed by atoms with Crippen molar-refractivity contribution in [1.29, 1.82) is 0 Å². The van der Waals surface area contributed by atoms with Crippen LogP contribution in [0.3, 0.4) is 0 Å². The normalized spacial score (nSPS) is 16.2. The number of carbonyl (C=O) groups is 1. The second-order valence-electron chi connectivity index (χ2n) is 7.37. The topological polar surface area (TPSA) is 109 Å². The minimum absolute atomic E-state index is 0.0955. The van der Waals surface area contributed by atoms with Crippen LogP contribution in [0.1, 0.15) is 30.2 Å². The first-order chi connectivity index (χ1) is 13.7. The van der Waals surface area contributed by atoms with Gasteiger partial charge in [0, 0.05) is 32.4 Å². The average molecular weight is 406 g/mol. The van der Waals surface area contributed by atoms with E-state index in [1.807, 2.05) is 11.9 Å². The SMILES string of the molecule is CC(=O)c1cn([C@@H](C)CO)c2c([N+](=O)[O-])c(N3CCN(C)CC3)c(F)cc2c1=O. The molecule has 9 nitrogen and oxygen atoms in total. The van der Waals surface area contributed by atoms with Crippen LogP contribution in [0.5, 0.6) is 0 Å². The summed E-state index contributed by atoms with van der Waals surface area (Å²) in [7, 11) is 1.91. The number of piperazine rings is 1. The number of likely N-dealkylation sites (N-methyl/N-ethyl adjacent to an activating group) is 1. The molecule has 0 unspecified atom stereocenters. The third-order valence-electron chi connectivity index (χ3n) is 5.34. The number of pyridine rings is 1. The minimum atomic E-state index is -0.880. The Labute approximate surface area is 166 Å². The van der Waals surface area contributed by atoms with Crippen LogP contribution in [-0.2, 0) is 0 Å². The van der Waals surface area contributed by atoms with E-state index in [9.17, 15) is 24.8 Å². The zero-order valence-corrected chi connectivity index (χ0v) is 16.5. The van der Waals surface area contributed by atoms with Gasteiger partial charge in [0.2, 0.25) is 5.43 Å². The first-order valence-corrected chi connectivity index (χ1v) is 9.28. The van der Waals surface area contributed by atoms with Crippen LogP contribution in [-0.4, -0.2) is 65.1 Å². The fourth-order valence-electron chi connectivity index (χ4n) is 3.65. The number of nitrogens with zero attached hydrogens (tertiary/aromatic N) is 4. The Kier molecular flexibility index (Phi) is 5.67. The standard InChI is InChI=1S/C19H23FN4O5/c1-11(10-25)23-9-14(12(2)26)19(27)13-8-15(20)17(18(16(13)23)24(28)29)22-6-4-21(3)5-7-22/h8-9,11,25H,4-7,10H2,1-3H3/t11-/m0/s1. The van der Waals surface area contributed by atoms with E-state index >= 15 is 4.39 Å². The van der Waals surface area contributed by atoms with Crippen molar-refractivity contribution >= 4 is 28.1 Å². The van der Waals surface area contributed by atoms with Crippen LogP contribution in [0.15, 0.2) is 17.1 Å². The van der Waals surface area contributed by atoms with Crippen LogP contribution in [0.25, 0.3) is 10.9 Å². The summed E-state index contributed by atoms with van der Waals surface area (Å²) in [5, 5.41) is 21.4. The predicted octanol–water partition coefficient (Wildman–Crippen LogP) is 1.56. The zero-order chi connectivity index (χ0) is 21.5. The second kappa shape index (κ2) is 7.88. The summed E-state index contributed by atoms with van der Waals surface area (Å²) in [6.45, 7) is 4.41. The third-order valence-corrected chi connectivity index (χ3v) is 5.34. The number of rotatable bonds is 5. The van der Waals surface area contributed by atoms with Crippen molar-refractivity contribution in [2.75, 3.05) is 44.7 Å². The molecule has 1 atom stereocenters. The van der Waals surface area contributed by atoms with Gasteiger partial charge in [0.05, 0.1) is 28.5 Å². The lowest BCUT2D eigenvalue weighted by molar-refractivity contribution is -0.382. The van der Waals surface area contributed by atoms with E-state index in [1.54, 1.807) is 11.8 Å². The molecule has 10 heteroatoms. The lowest BCUT2D eigenvalue weighted by atomic mass is 10.0. The number of ketones is 1. The quantitative estimate of drug-likeness (QED) is 0.456. The van der Waals surface area contributed by atoms with Crippen molar-refractivity contribution in [2.24, 2.45) is 0 Å². The van der Waals surface area contributed by atoms with Gasteiger partial charge in [-0.25, -0.2) is 4.39 Å². The largest absolute Gasteiger partial charge is 0.394 e. The van der Waals surface area contributed by atoms with Crippen molar-refractivity contribution in [3.63, 3.8) is 0 Å². The fraction of sp³-hybridized carbons (Fsp3) is 0.474. The van der Waals surface area contributed by atoms with Gasteiger partial charge in [0.1, 0.15) is 5.52 Å². The van der Waals surface area contributed by atoms with Gasteiger partial charge < -0.3 is 19.5 Å². The molecule has 1 fully saturated rings. The summed E-state index contributed by atoms with van der Waals surface area (Å²) in [6.07, 6.45) is 1.21. The molecule has 2 heterocycles. The van der Waals surface area contributed by atoms with Crippen LogP contribution >= 0.6 is 0 Å². The summed E-state index contributed by atoms with van der Waals surface area (Å²) in [5.74, 6) is -1.42. The van der Waals surface area contributed by atoms with Crippen molar-refractivity contribution < 1.29 is 19.2 Å². The molecule has 0 radical (unpaired) electrons. The van der Waals surface area contributed by atoms with Gasteiger partial charge in [-0.15, -0.1) is 0 Å². The van der Waals surface area contributed by atoms with Crippen molar-refractivity contribution in [1.82, 2.24) is 9.47 Å². The highest BCUT2D eigenvalue weighted by molar-refractivity contribution is 6.01. The molecule has 1 aromatic heterocycles. The Morgan fingerprint density at radius 3 is 2.48 bits per heavy atom. The van der Waals surface area contributed by atoms with Crippen LogP contribution in [0.2, 0.25) is 0 Å². The van der Waals surface area contributed by atoms with Gasteiger partial charge in [-0.3, -0.25) is 19.7 Å². The Bertz CT molecular complexity index is 1040. The summed E-state index contributed by atoms with van der Waals surface area (Å²) in [6, 6.07) is 0.298. The lowest BCUT2D eigenvalue weighted by Crippen LogP contribution is -2.45. The van der Waals surface area contributed by atoms with E-state index in [0.29, 0.717) is 26.2 Å². The molecule has 0 aliphatic carbocycles. The Balaban J connectivity index is 2.44. The molecule has 0 saturated carbocycles. The van der Waals surface area contributed by atoms with Crippen molar-refractivity contribution in [3.05, 3.63) is 44.0 Å². The van der Waals surface area contributed by atoms with Crippen LogP contribution in [0, 0.1) is 15.9 Å². The molecule has 29 heavy (non-hydrogen) atoms. The molecule has 2 aromatic rings. The van der Waals surface area contributed by atoms with E-state index in [2.05, 4.69) is 0 Å². The Morgan fingerprint density at radius 2 is 1.97 bits per heavy atom. The monoisotopic (exact) mass is 406 g/mol. The van der Waals surface area contributed by atoms with Crippen molar-refractivity contribution in [2.45, 2.75) is 19.9 Å². The predicted molar refractivity (Wildman–Crippen MR) is 106 cm³/mol. The first kappa shape index (κ1) is 20.9. The number of aliphatic hydroxyl groups excluding tert-OH is 1. The molecule has 3 rings (SSSR count). The smallest absolute Gasteiger partial charge is 0.319 e. The Hall–Kier alpha value is -2.85. The van der Waals surface area contributed by atoms with Gasteiger partial charge in [-0.1, -0.05) is 0 Å². The number of hydrogen-bond acceptors (Lipinski definition) is 7. The number of aliphatic hydroxyl groups is 1. The van der Waals surface area contributed by atoms with Crippen LogP contribution in [0.4, 0.5) is 15.8 Å². The molecule has 1 N–H and O–H groups in total. The molecular formula is C19H23FN4O5. The second-order valence-corrected chi connectivity index (χ2v) is 7.37. The van der Waals surface area contributed by atoms with Gasteiger partial charge in [-0.2, -0.15) is 0 Å². The van der Waals surface area contributed by atoms with Gasteiger partial charge in [0.25, 0.3) is 0 Å². The molecule has 1 aliphatic rings. The summed E-state index contributed by atoms with van der Waals surface area (Å²) in [5.41, 5.74) is -1.77. The number of halogens is 1. The van der Waals surface area contributed by atoms with E-state index in [-0.39, 0.29) is 28.8 Å². The molecule has 1 saturated heterocycles. The van der Waals surface area contributed by atoms with E-state index in [4.69, 9.17) is 0 Å². The summed E-state index contributed by atoms with van der Waals surface area (Å²) in [4.78, 5) is 39.7. The number of nitro groups is 1. The maximum absolute atomic E-state index is 15.1.